The van der Waals surface area contributed by atoms with Crippen LogP contribution in [0.3, 0.4) is 0 Å². The van der Waals surface area contributed by atoms with Crippen molar-refractivity contribution in [3.8, 4) is 6.07 Å². The normalized spacial score (nSPS) is 25.1. The maximum atomic E-state index is 9.06. The van der Waals surface area contributed by atoms with Crippen LogP contribution in [-0.4, -0.2) is 48.1 Å². The molecule has 1 heterocycles. The van der Waals surface area contributed by atoms with Crippen molar-refractivity contribution in [2.24, 2.45) is 5.92 Å². The monoisotopic (exact) mass is 207 g/mol. The van der Waals surface area contributed by atoms with E-state index in [0.717, 1.165) is 32.1 Å². The Morgan fingerprint density at radius 2 is 1.80 bits per heavy atom. The van der Waals surface area contributed by atoms with Crippen LogP contribution in [0.5, 0.6) is 0 Å². The highest BCUT2D eigenvalue weighted by atomic mass is 15.3. The van der Waals surface area contributed by atoms with Crippen LogP contribution in [0.4, 0.5) is 0 Å². The Morgan fingerprint density at radius 3 is 2.27 bits per heavy atom. The third-order valence-corrected chi connectivity index (χ3v) is 3.65. The number of nitrogens with zero attached hydrogens (tertiary/aromatic N) is 3. The van der Waals surface area contributed by atoms with Gasteiger partial charge in [-0.15, -0.1) is 0 Å². The van der Waals surface area contributed by atoms with Crippen molar-refractivity contribution >= 4 is 0 Å². The maximum Gasteiger partial charge on any atom is 0.103 e. The van der Waals surface area contributed by atoms with Crippen molar-refractivity contribution in [1.82, 2.24) is 9.80 Å². The number of piperazine rings is 1. The molecule has 0 N–H and O–H groups in total. The van der Waals surface area contributed by atoms with Gasteiger partial charge in [0.15, 0.2) is 0 Å². The second kappa shape index (κ2) is 4.11. The molecule has 0 atom stereocenters. The minimum Gasteiger partial charge on any atom is -0.301 e. The van der Waals surface area contributed by atoms with E-state index in [2.05, 4.69) is 15.9 Å². The molecule has 0 unspecified atom stereocenters. The fourth-order valence-corrected chi connectivity index (χ4v) is 2.23. The van der Waals surface area contributed by atoms with E-state index in [4.69, 9.17) is 5.26 Å². The van der Waals surface area contributed by atoms with Crippen molar-refractivity contribution in [2.75, 3.05) is 32.7 Å². The van der Waals surface area contributed by atoms with Gasteiger partial charge in [0.2, 0.25) is 0 Å². The van der Waals surface area contributed by atoms with Gasteiger partial charge in [0, 0.05) is 32.7 Å². The lowest BCUT2D eigenvalue weighted by Crippen LogP contribution is -2.54. The minimum atomic E-state index is -0.286. The lowest BCUT2D eigenvalue weighted by atomic mass is 10.0. The van der Waals surface area contributed by atoms with Gasteiger partial charge in [0.25, 0.3) is 0 Å². The largest absolute Gasteiger partial charge is 0.301 e. The zero-order valence-corrected chi connectivity index (χ0v) is 9.87. The minimum absolute atomic E-state index is 0.286. The third kappa shape index (κ3) is 2.70. The fourth-order valence-electron chi connectivity index (χ4n) is 2.23. The number of nitriles is 1. The highest BCUT2D eigenvalue weighted by molar-refractivity contribution is 5.02. The van der Waals surface area contributed by atoms with Gasteiger partial charge < -0.3 is 4.90 Å². The summed E-state index contributed by atoms with van der Waals surface area (Å²) < 4.78 is 0. The molecule has 0 aromatic heterocycles. The molecular formula is C12H21N3. The van der Waals surface area contributed by atoms with Crippen molar-refractivity contribution in [3.63, 3.8) is 0 Å². The van der Waals surface area contributed by atoms with Gasteiger partial charge in [-0.3, -0.25) is 4.90 Å². The smallest absolute Gasteiger partial charge is 0.103 e. The first-order valence-corrected chi connectivity index (χ1v) is 6.00. The van der Waals surface area contributed by atoms with Gasteiger partial charge in [-0.1, -0.05) is 0 Å². The quantitative estimate of drug-likeness (QED) is 0.699. The summed E-state index contributed by atoms with van der Waals surface area (Å²) in [6.45, 7) is 9.71. The first-order valence-electron chi connectivity index (χ1n) is 6.00. The SMILES string of the molecule is CC(C)(C#N)N1CCN(CC2CC2)CC1. The van der Waals surface area contributed by atoms with Gasteiger partial charge in [-0.05, 0) is 32.6 Å². The fraction of sp³-hybridized carbons (Fsp3) is 0.917. The summed E-state index contributed by atoms with van der Waals surface area (Å²) in [6.07, 6.45) is 2.87. The van der Waals surface area contributed by atoms with Crippen LogP contribution >= 0.6 is 0 Å². The molecule has 2 rings (SSSR count). The highest BCUT2D eigenvalue weighted by Crippen LogP contribution is 2.30. The van der Waals surface area contributed by atoms with Gasteiger partial charge in [-0.2, -0.15) is 5.26 Å². The third-order valence-electron chi connectivity index (χ3n) is 3.65. The molecule has 15 heavy (non-hydrogen) atoms. The molecule has 0 aromatic carbocycles. The molecule has 3 nitrogen and oxygen atoms in total. The van der Waals surface area contributed by atoms with Crippen LogP contribution in [0.1, 0.15) is 26.7 Å². The average molecular weight is 207 g/mol. The van der Waals surface area contributed by atoms with E-state index >= 15 is 0 Å². The molecule has 1 aliphatic heterocycles. The predicted molar refractivity (Wildman–Crippen MR) is 60.4 cm³/mol. The summed E-state index contributed by atoms with van der Waals surface area (Å²) in [5, 5.41) is 9.06. The summed E-state index contributed by atoms with van der Waals surface area (Å²) in [7, 11) is 0. The lowest BCUT2D eigenvalue weighted by Gasteiger charge is -2.40. The van der Waals surface area contributed by atoms with Crippen LogP contribution in [0.25, 0.3) is 0 Å². The summed E-state index contributed by atoms with van der Waals surface area (Å²) in [4.78, 5) is 4.86. The van der Waals surface area contributed by atoms with E-state index in [-0.39, 0.29) is 5.54 Å². The maximum absolute atomic E-state index is 9.06. The Hall–Kier alpha value is -0.590. The molecule has 1 saturated carbocycles. The molecular weight excluding hydrogens is 186 g/mol. The van der Waals surface area contributed by atoms with Gasteiger partial charge in [0.05, 0.1) is 6.07 Å². The van der Waals surface area contributed by atoms with E-state index < -0.39 is 0 Å². The molecule has 0 spiro atoms. The first kappa shape index (κ1) is 10.9. The van der Waals surface area contributed by atoms with Crippen molar-refractivity contribution in [1.29, 1.82) is 5.26 Å². The molecule has 2 aliphatic rings. The summed E-state index contributed by atoms with van der Waals surface area (Å²) >= 11 is 0. The summed E-state index contributed by atoms with van der Waals surface area (Å²) in [5.74, 6) is 0.987. The van der Waals surface area contributed by atoms with Crippen molar-refractivity contribution in [2.45, 2.75) is 32.2 Å². The van der Waals surface area contributed by atoms with Crippen LogP contribution in [0.2, 0.25) is 0 Å². The van der Waals surface area contributed by atoms with Gasteiger partial charge in [0.1, 0.15) is 5.54 Å². The van der Waals surface area contributed by atoms with E-state index in [0.29, 0.717) is 0 Å². The van der Waals surface area contributed by atoms with Gasteiger partial charge in [-0.25, -0.2) is 0 Å². The topological polar surface area (TPSA) is 30.3 Å². The zero-order valence-electron chi connectivity index (χ0n) is 9.87. The molecule has 3 heteroatoms. The van der Waals surface area contributed by atoms with Crippen molar-refractivity contribution in [3.05, 3.63) is 0 Å². The van der Waals surface area contributed by atoms with Crippen molar-refractivity contribution < 1.29 is 0 Å². The van der Waals surface area contributed by atoms with E-state index in [1.165, 1.54) is 19.4 Å². The molecule has 2 fully saturated rings. The van der Waals surface area contributed by atoms with E-state index in [9.17, 15) is 0 Å². The second-order valence-corrected chi connectivity index (χ2v) is 5.40. The molecule has 84 valence electrons. The Kier molecular flexibility index (Phi) is 2.99. The molecule has 0 amide bonds. The Morgan fingerprint density at radius 1 is 1.20 bits per heavy atom. The Balaban J connectivity index is 1.78. The van der Waals surface area contributed by atoms with E-state index in [1.54, 1.807) is 0 Å². The number of rotatable bonds is 3. The Bertz CT molecular complexity index is 255. The molecule has 0 bridgehead atoms. The number of hydrogen-bond donors (Lipinski definition) is 0. The molecule has 1 saturated heterocycles. The molecule has 1 aliphatic carbocycles. The first-order chi connectivity index (χ1) is 7.12. The summed E-state index contributed by atoms with van der Waals surface area (Å²) in [6, 6.07) is 2.39. The van der Waals surface area contributed by atoms with Crippen LogP contribution in [0.15, 0.2) is 0 Å². The lowest BCUT2D eigenvalue weighted by molar-refractivity contribution is 0.0778. The Labute approximate surface area is 92.7 Å². The average Bonchev–Trinajstić information content (AvgIpc) is 3.03. The van der Waals surface area contributed by atoms with E-state index in [1.807, 2.05) is 13.8 Å². The molecule has 0 radical (unpaired) electrons. The molecule has 0 aromatic rings. The number of hydrogen-bond acceptors (Lipinski definition) is 3. The summed E-state index contributed by atoms with van der Waals surface area (Å²) in [5.41, 5.74) is -0.286. The predicted octanol–water partition coefficient (Wildman–Crippen LogP) is 1.32. The zero-order chi connectivity index (χ0) is 10.9. The second-order valence-electron chi connectivity index (χ2n) is 5.40. The van der Waals surface area contributed by atoms with Crippen LogP contribution < -0.4 is 0 Å². The van der Waals surface area contributed by atoms with Crippen LogP contribution in [-0.2, 0) is 0 Å². The standard InChI is InChI=1S/C12H21N3/c1-12(2,10-13)15-7-5-14(6-8-15)9-11-3-4-11/h11H,3-9H2,1-2H3. The van der Waals surface area contributed by atoms with Gasteiger partial charge >= 0.3 is 0 Å². The van der Waals surface area contributed by atoms with Crippen LogP contribution in [0, 0.1) is 17.2 Å². The highest BCUT2D eigenvalue weighted by Gasteiger charge is 2.31.